The van der Waals surface area contributed by atoms with Crippen molar-refractivity contribution in [2.24, 2.45) is 5.92 Å². The second kappa shape index (κ2) is 5.93. The van der Waals surface area contributed by atoms with Crippen LogP contribution in [0.5, 0.6) is 5.75 Å². The molecule has 0 aromatic heterocycles. The molecule has 0 saturated carbocycles. The molecule has 1 aromatic rings. The Morgan fingerprint density at radius 2 is 1.84 bits per heavy atom. The normalized spacial score (nSPS) is 25.8. The molecule has 1 aromatic carbocycles. The number of likely N-dealkylation sites (tertiary alicyclic amines) is 1. The fraction of sp³-hybridized carbons (Fsp3) is 0.625. The summed E-state index contributed by atoms with van der Waals surface area (Å²) in [5.74, 6) is 1.24. The van der Waals surface area contributed by atoms with E-state index in [2.05, 4.69) is 10.2 Å². The third-order valence-corrected chi connectivity index (χ3v) is 4.64. The first kappa shape index (κ1) is 12.9. The number of hydrogen-bond acceptors (Lipinski definition) is 3. The summed E-state index contributed by atoms with van der Waals surface area (Å²) in [6, 6.07) is 8.41. The van der Waals surface area contributed by atoms with Crippen LogP contribution >= 0.6 is 0 Å². The predicted octanol–water partition coefficient (Wildman–Crippen LogP) is 2.36. The zero-order valence-electron chi connectivity index (χ0n) is 11.5. The van der Waals surface area contributed by atoms with Gasteiger partial charge in [-0.2, -0.15) is 0 Å². The molecular formula is C16H24N2O. The van der Waals surface area contributed by atoms with Crippen LogP contribution in [0.25, 0.3) is 0 Å². The Morgan fingerprint density at radius 1 is 1.11 bits per heavy atom. The number of nitrogens with zero attached hydrogens (tertiary/aromatic N) is 1. The molecule has 1 atom stereocenters. The highest BCUT2D eigenvalue weighted by Gasteiger charge is 2.28. The average Bonchev–Trinajstić information content (AvgIpc) is 2.96. The molecule has 0 spiro atoms. The van der Waals surface area contributed by atoms with Crippen molar-refractivity contribution < 1.29 is 5.11 Å². The summed E-state index contributed by atoms with van der Waals surface area (Å²) >= 11 is 0. The maximum atomic E-state index is 9.30. The Bertz CT molecular complexity index is 390. The molecule has 0 amide bonds. The molecule has 2 fully saturated rings. The number of benzene rings is 1. The number of phenolic OH excluding ortho intramolecular Hbond substituents is 1. The molecule has 3 nitrogen and oxygen atoms in total. The van der Waals surface area contributed by atoms with Crippen molar-refractivity contribution in [3.8, 4) is 5.75 Å². The lowest BCUT2D eigenvalue weighted by Crippen LogP contribution is -2.40. The molecule has 2 N–H and O–H groups in total. The van der Waals surface area contributed by atoms with E-state index in [9.17, 15) is 5.11 Å². The number of rotatable bonds is 3. The lowest BCUT2D eigenvalue weighted by molar-refractivity contribution is 0.157. The van der Waals surface area contributed by atoms with Crippen LogP contribution in [0.15, 0.2) is 24.3 Å². The average molecular weight is 260 g/mol. The van der Waals surface area contributed by atoms with Gasteiger partial charge in [-0.05, 0) is 68.9 Å². The molecule has 0 aliphatic carbocycles. The van der Waals surface area contributed by atoms with E-state index in [1.807, 2.05) is 12.1 Å². The Kier molecular flexibility index (Phi) is 4.04. The minimum Gasteiger partial charge on any atom is -0.508 e. The summed E-state index contributed by atoms with van der Waals surface area (Å²) in [5, 5.41) is 12.9. The van der Waals surface area contributed by atoms with E-state index in [0.29, 0.717) is 5.75 Å². The van der Waals surface area contributed by atoms with E-state index in [1.54, 1.807) is 12.1 Å². The molecule has 0 radical (unpaired) electrons. The Hall–Kier alpha value is -1.06. The lowest BCUT2D eigenvalue weighted by atomic mass is 9.88. The third kappa shape index (κ3) is 3.28. The fourth-order valence-electron chi connectivity index (χ4n) is 3.49. The van der Waals surface area contributed by atoms with Crippen molar-refractivity contribution in [1.82, 2.24) is 10.2 Å². The molecule has 2 aliphatic rings. The molecule has 1 unspecified atom stereocenters. The number of phenols is 1. The van der Waals surface area contributed by atoms with Gasteiger partial charge in [0.1, 0.15) is 5.75 Å². The summed E-state index contributed by atoms with van der Waals surface area (Å²) in [6.07, 6.45) is 5.40. The SMILES string of the molecule is Oc1ccc(CN2CCC(C3CCCN3)CC2)cc1. The number of aromatic hydroxyl groups is 1. The highest BCUT2D eigenvalue weighted by Crippen LogP contribution is 2.26. The zero-order chi connectivity index (χ0) is 13.1. The van der Waals surface area contributed by atoms with Crippen LogP contribution in [0.1, 0.15) is 31.2 Å². The minimum atomic E-state index is 0.356. The van der Waals surface area contributed by atoms with Crippen molar-refractivity contribution in [2.75, 3.05) is 19.6 Å². The maximum Gasteiger partial charge on any atom is 0.115 e. The molecule has 3 rings (SSSR count). The number of hydrogen-bond donors (Lipinski definition) is 2. The van der Waals surface area contributed by atoms with Gasteiger partial charge in [-0.3, -0.25) is 4.90 Å². The lowest BCUT2D eigenvalue weighted by Gasteiger charge is -2.34. The first-order chi connectivity index (χ1) is 9.31. The summed E-state index contributed by atoms with van der Waals surface area (Å²) in [6.45, 7) is 4.66. The van der Waals surface area contributed by atoms with Crippen LogP contribution in [0.2, 0.25) is 0 Å². The van der Waals surface area contributed by atoms with Crippen molar-refractivity contribution in [3.63, 3.8) is 0 Å². The monoisotopic (exact) mass is 260 g/mol. The zero-order valence-corrected chi connectivity index (χ0v) is 11.5. The van der Waals surface area contributed by atoms with Crippen molar-refractivity contribution in [2.45, 2.75) is 38.3 Å². The Labute approximate surface area is 115 Å². The molecule has 0 bridgehead atoms. The van der Waals surface area contributed by atoms with Gasteiger partial charge < -0.3 is 10.4 Å². The molecular weight excluding hydrogens is 236 g/mol. The highest BCUT2D eigenvalue weighted by atomic mass is 16.3. The number of piperidine rings is 1. The van der Waals surface area contributed by atoms with Crippen molar-refractivity contribution in [3.05, 3.63) is 29.8 Å². The quantitative estimate of drug-likeness (QED) is 0.876. The van der Waals surface area contributed by atoms with Crippen LogP contribution in [0.4, 0.5) is 0 Å². The summed E-state index contributed by atoms with van der Waals surface area (Å²) in [4.78, 5) is 2.54. The smallest absolute Gasteiger partial charge is 0.115 e. The van der Waals surface area contributed by atoms with Crippen molar-refractivity contribution >= 4 is 0 Å². The van der Waals surface area contributed by atoms with E-state index in [4.69, 9.17) is 0 Å². The maximum absolute atomic E-state index is 9.30. The van der Waals surface area contributed by atoms with Gasteiger partial charge in [-0.25, -0.2) is 0 Å². The standard InChI is InChI=1S/C16H24N2O/c19-15-5-3-13(4-6-15)12-18-10-7-14(8-11-18)16-2-1-9-17-16/h3-6,14,16-17,19H,1-2,7-12H2. The minimum absolute atomic E-state index is 0.356. The van der Waals surface area contributed by atoms with Gasteiger partial charge in [0, 0.05) is 12.6 Å². The molecule has 2 saturated heterocycles. The van der Waals surface area contributed by atoms with E-state index < -0.39 is 0 Å². The van der Waals surface area contributed by atoms with Gasteiger partial charge in [0.2, 0.25) is 0 Å². The van der Waals surface area contributed by atoms with Gasteiger partial charge in [-0.15, -0.1) is 0 Å². The van der Waals surface area contributed by atoms with E-state index in [0.717, 1.165) is 18.5 Å². The van der Waals surface area contributed by atoms with E-state index >= 15 is 0 Å². The third-order valence-electron chi connectivity index (χ3n) is 4.64. The molecule has 2 heterocycles. The van der Waals surface area contributed by atoms with Gasteiger partial charge in [0.05, 0.1) is 0 Å². The first-order valence-corrected chi connectivity index (χ1v) is 7.55. The van der Waals surface area contributed by atoms with Gasteiger partial charge in [0.25, 0.3) is 0 Å². The van der Waals surface area contributed by atoms with Gasteiger partial charge in [-0.1, -0.05) is 12.1 Å². The van der Waals surface area contributed by atoms with Crippen LogP contribution in [-0.4, -0.2) is 35.7 Å². The predicted molar refractivity (Wildman–Crippen MR) is 77.1 cm³/mol. The summed E-state index contributed by atoms with van der Waals surface area (Å²) in [5.41, 5.74) is 1.30. The first-order valence-electron chi connectivity index (χ1n) is 7.55. The summed E-state index contributed by atoms with van der Waals surface area (Å²) in [7, 11) is 0. The van der Waals surface area contributed by atoms with Gasteiger partial charge >= 0.3 is 0 Å². The second-order valence-corrected chi connectivity index (χ2v) is 5.98. The van der Waals surface area contributed by atoms with Crippen molar-refractivity contribution in [1.29, 1.82) is 0 Å². The van der Waals surface area contributed by atoms with E-state index in [-0.39, 0.29) is 0 Å². The number of nitrogens with one attached hydrogen (secondary N) is 1. The topological polar surface area (TPSA) is 35.5 Å². The summed E-state index contributed by atoms with van der Waals surface area (Å²) < 4.78 is 0. The molecule has 19 heavy (non-hydrogen) atoms. The van der Waals surface area contributed by atoms with Crippen LogP contribution < -0.4 is 5.32 Å². The molecule has 2 aliphatic heterocycles. The highest BCUT2D eigenvalue weighted by molar-refractivity contribution is 5.25. The van der Waals surface area contributed by atoms with Crippen LogP contribution in [-0.2, 0) is 6.54 Å². The second-order valence-electron chi connectivity index (χ2n) is 5.98. The Morgan fingerprint density at radius 3 is 2.47 bits per heavy atom. The van der Waals surface area contributed by atoms with Crippen LogP contribution in [0.3, 0.4) is 0 Å². The van der Waals surface area contributed by atoms with Crippen LogP contribution in [0, 0.1) is 5.92 Å². The molecule has 3 heteroatoms. The largest absolute Gasteiger partial charge is 0.508 e. The fourth-order valence-corrected chi connectivity index (χ4v) is 3.49. The Balaban J connectivity index is 1.48. The molecule has 104 valence electrons. The van der Waals surface area contributed by atoms with Gasteiger partial charge in [0.15, 0.2) is 0 Å². The van der Waals surface area contributed by atoms with E-state index in [1.165, 1.54) is 50.9 Å².